The lowest BCUT2D eigenvalue weighted by Gasteiger charge is -2.07. The van der Waals surface area contributed by atoms with E-state index in [2.05, 4.69) is 10.3 Å². The van der Waals surface area contributed by atoms with Gasteiger partial charge in [-0.1, -0.05) is 19.1 Å². The molecule has 1 N–H and O–H groups in total. The molecule has 0 aliphatic rings. The number of hydrogen-bond acceptors (Lipinski definition) is 3. The Morgan fingerprint density at radius 3 is 2.54 bits per heavy atom. The number of carbonyl (C=O) groups excluding carboxylic acids is 1. The second-order valence-electron chi connectivity index (χ2n) is 5.14. The number of hydrogen-bond donors (Lipinski definition) is 1. The van der Waals surface area contributed by atoms with E-state index in [9.17, 15) is 13.6 Å². The van der Waals surface area contributed by atoms with Gasteiger partial charge in [-0.2, -0.15) is 0 Å². The first-order valence-electron chi connectivity index (χ1n) is 7.38. The van der Waals surface area contributed by atoms with Crippen molar-refractivity contribution in [1.29, 1.82) is 0 Å². The van der Waals surface area contributed by atoms with Gasteiger partial charge >= 0.3 is 0 Å². The monoisotopic (exact) mass is 344 g/mol. The summed E-state index contributed by atoms with van der Waals surface area (Å²) < 4.78 is 26.5. The summed E-state index contributed by atoms with van der Waals surface area (Å²) in [6.07, 6.45) is 0.883. The fraction of sp³-hybridized carbons (Fsp3) is 0.111. The van der Waals surface area contributed by atoms with E-state index in [0.29, 0.717) is 5.56 Å². The zero-order valence-corrected chi connectivity index (χ0v) is 13.7. The third-order valence-corrected chi connectivity index (χ3v) is 4.47. The van der Waals surface area contributed by atoms with Crippen LogP contribution < -0.4 is 5.32 Å². The maximum Gasteiger partial charge on any atom is 0.255 e. The van der Waals surface area contributed by atoms with Crippen molar-refractivity contribution in [2.75, 3.05) is 5.32 Å². The van der Waals surface area contributed by atoms with Crippen LogP contribution in [0.4, 0.5) is 14.5 Å². The SMILES string of the molecule is CCc1nc(-c2ccc(C(=O)Nc3ccc(F)cc3F)cc2)cs1. The highest BCUT2D eigenvalue weighted by Crippen LogP contribution is 2.23. The van der Waals surface area contributed by atoms with Crippen LogP contribution in [0.3, 0.4) is 0 Å². The van der Waals surface area contributed by atoms with E-state index in [1.807, 2.05) is 12.3 Å². The Balaban J connectivity index is 1.76. The summed E-state index contributed by atoms with van der Waals surface area (Å²) in [6.45, 7) is 2.05. The molecular formula is C18H14F2N2OS. The highest BCUT2D eigenvalue weighted by atomic mass is 32.1. The molecule has 3 aromatic rings. The molecule has 0 fully saturated rings. The fourth-order valence-corrected chi connectivity index (χ4v) is 2.94. The lowest BCUT2D eigenvalue weighted by Crippen LogP contribution is -2.13. The molecule has 1 amide bonds. The van der Waals surface area contributed by atoms with Crippen LogP contribution in [0.2, 0.25) is 0 Å². The van der Waals surface area contributed by atoms with Crippen LogP contribution in [0.15, 0.2) is 47.8 Å². The molecule has 0 saturated heterocycles. The van der Waals surface area contributed by atoms with Gasteiger partial charge in [-0.05, 0) is 30.7 Å². The van der Waals surface area contributed by atoms with Gasteiger partial charge in [0.25, 0.3) is 5.91 Å². The quantitative estimate of drug-likeness (QED) is 0.731. The van der Waals surface area contributed by atoms with E-state index in [-0.39, 0.29) is 5.69 Å². The molecule has 0 atom stereocenters. The van der Waals surface area contributed by atoms with E-state index < -0.39 is 17.5 Å². The van der Waals surface area contributed by atoms with Crippen molar-refractivity contribution in [3.05, 3.63) is 70.1 Å². The number of halogens is 2. The summed E-state index contributed by atoms with van der Waals surface area (Å²) in [5.41, 5.74) is 2.11. The smallest absolute Gasteiger partial charge is 0.255 e. The average Bonchev–Trinajstić information content (AvgIpc) is 3.06. The molecule has 0 bridgehead atoms. The third-order valence-electron chi connectivity index (χ3n) is 3.48. The lowest BCUT2D eigenvalue weighted by atomic mass is 10.1. The Labute approximate surface area is 142 Å². The highest BCUT2D eigenvalue weighted by molar-refractivity contribution is 7.09. The molecule has 1 aromatic heterocycles. The van der Waals surface area contributed by atoms with Crippen molar-refractivity contribution in [3.8, 4) is 11.3 Å². The Morgan fingerprint density at radius 2 is 1.92 bits per heavy atom. The second kappa shape index (κ2) is 6.88. The predicted octanol–water partition coefficient (Wildman–Crippen LogP) is 4.90. The molecule has 0 unspecified atom stereocenters. The van der Waals surface area contributed by atoms with Gasteiger partial charge < -0.3 is 5.32 Å². The number of rotatable bonds is 4. The van der Waals surface area contributed by atoms with E-state index in [1.165, 1.54) is 6.07 Å². The van der Waals surface area contributed by atoms with Crippen molar-refractivity contribution in [3.63, 3.8) is 0 Å². The van der Waals surface area contributed by atoms with Gasteiger partial charge in [0.15, 0.2) is 0 Å². The van der Waals surface area contributed by atoms with Gasteiger partial charge in [0.2, 0.25) is 0 Å². The first-order chi connectivity index (χ1) is 11.6. The average molecular weight is 344 g/mol. The number of amides is 1. The van der Waals surface area contributed by atoms with Crippen LogP contribution in [0.5, 0.6) is 0 Å². The molecule has 0 spiro atoms. The van der Waals surface area contributed by atoms with E-state index in [0.717, 1.165) is 34.8 Å². The summed E-state index contributed by atoms with van der Waals surface area (Å²) in [4.78, 5) is 16.7. The first-order valence-corrected chi connectivity index (χ1v) is 8.26. The molecular weight excluding hydrogens is 330 g/mol. The van der Waals surface area contributed by atoms with Crippen molar-refractivity contribution < 1.29 is 13.6 Å². The summed E-state index contributed by atoms with van der Waals surface area (Å²) in [7, 11) is 0. The minimum Gasteiger partial charge on any atom is -0.319 e. The number of aromatic nitrogens is 1. The number of aryl methyl sites for hydroxylation is 1. The van der Waals surface area contributed by atoms with Crippen LogP contribution in [0.25, 0.3) is 11.3 Å². The van der Waals surface area contributed by atoms with Crippen LogP contribution >= 0.6 is 11.3 Å². The Morgan fingerprint density at radius 1 is 1.17 bits per heavy atom. The maximum atomic E-state index is 13.6. The summed E-state index contributed by atoms with van der Waals surface area (Å²) in [5, 5.41) is 5.46. The fourth-order valence-electron chi connectivity index (χ4n) is 2.18. The van der Waals surface area contributed by atoms with E-state index in [4.69, 9.17) is 0 Å². The molecule has 2 aromatic carbocycles. The minimum absolute atomic E-state index is 0.0578. The van der Waals surface area contributed by atoms with Crippen molar-refractivity contribution in [2.45, 2.75) is 13.3 Å². The minimum atomic E-state index is -0.811. The molecule has 3 rings (SSSR count). The standard InChI is InChI=1S/C18H14F2N2OS/c1-2-17-21-16(10-24-17)11-3-5-12(6-4-11)18(23)22-15-8-7-13(19)9-14(15)20/h3-10H,2H2,1H3,(H,22,23). The Bertz CT molecular complexity index is 875. The van der Waals surface area contributed by atoms with Crippen LogP contribution in [0.1, 0.15) is 22.3 Å². The molecule has 0 aliphatic carbocycles. The number of carbonyl (C=O) groups is 1. The molecule has 1 heterocycles. The Kier molecular flexibility index (Phi) is 4.66. The van der Waals surface area contributed by atoms with Crippen LogP contribution in [0, 0.1) is 11.6 Å². The largest absolute Gasteiger partial charge is 0.319 e. The first kappa shape index (κ1) is 16.3. The number of nitrogens with one attached hydrogen (secondary N) is 1. The number of benzene rings is 2. The lowest BCUT2D eigenvalue weighted by molar-refractivity contribution is 0.102. The molecule has 0 radical (unpaired) electrons. The predicted molar refractivity (Wildman–Crippen MR) is 91.2 cm³/mol. The molecule has 0 saturated carbocycles. The topological polar surface area (TPSA) is 42.0 Å². The van der Waals surface area contributed by atoms with Gasteiger partial charge in [0.05, 0.1) is 16.4 Å². The van der Waals surface area contributed by atoms with Crippen molar-refractivity contribution in [2.24, 2.45) is 0 Å². The zero-order chi connectivity index (χ0) is 17.1. The van der Waals surface area contributed by atoms with E-state index >= 15 is 0 Å². The van der Waals surface area contributed by atoms with Gasteiger partial charge in [0.1, 0.15) is 11.6 Å². The van der Waals surface area contributed by atoms with E-state index in [1.54, 1.807) is 35.6 Å². The Hall–Kier alpha value is -2.60. The molecule has 3 nitrogen and oxygen atoms in total. The molecule has 24 heavy (non-hydrogen) atoms. The second-order valence-corrected chi connectivity index (χ2v) is 6.08. The van der Waals surface area contributed by atoms with Crippen molar-refractivity contribution >= 4 is 22.9 Å². The van der Waals surface area contributed by atoms with Crippen molar-refractivity contribution in [1.82, 2.24) is 4.98 Å². The number of anilines is 1. The molecule has 6 heteroatoms. The van der Waals surface area contributed by atoms with Crippen LogP contribution in [-0.4, -0.2) is 10.9 Å². The maximum absolute atomic E-state index is 13.6. The van der Waals surface area contributed by atoms with Gasteiger partial charge in [-0.15, -0.1) is 11.3 Å². The van der Waals surface area contributed by atoms with Gasteiger partial charge in [-0.25, -0.2) is 13.8 Å². The third kappa shape index (κ3) is 3.49. The zero-order valence-electron chi connectivity index (χ0n) is 12.8. The summed E-state index contributed by atoms with van der Waals surface area (Å²) >= 11 is 1.60. The summed E-state index contributed by atoms with van der Waals surface area (Å²) in [6, 6.07) is 9.91. The number of nitrogens with zero attached hydrogens (tertiary/aromatic N) is 1. The van der Waals surface area contributed by atoms with Gasteiger partial charge in [0, 0.05) is 22.6 Å². The number of thiazole rings is 1. The highest BCUT2D eigenvalue weighted by Gasteiger charge is 2.11. The van der Waals surface area contributed by atoms with Gasteiger partial charge in [-0.3, -0.25) is 4.79 Å². The van der Waals surface area contributed by atoms with Crippen LogP contribution in [-0.2, 0) is 6.42 Å². The molecule has 122 valence electrons. The normalized spacial score (nSPS) is 10.6. The summed E-state index contributed by atoms with van der Waals surface area (Å²) in [5.74, 6) is -1.96. The molecule has 0 aliphatic heterocycles.